The number of unbranched alkanes of at least 4 members (excludes halogenated alkanes) is 26. The van der Waals surface area contributed by atoms with Crippen LogP contribution in [0, 0.1) is 0 Å². The average Bonchev–Trinajstić information content (AvgIpc) is 2.24. The van der Waals surface area contributed by atoms with Gasteiger partial charge in [0.15, 0.2) is 6.10 Å². The van der Waals surface area contributed by atoms with Crippen molar-refractivity contribution in [2.24, 2.45) is 0 Å². The molecule has 5 atom stereocenters. The molecule has 0 aliphatic carbocycles. The molecule has 16 nitrogen and oxygen atoms in total. The smallest absolute Gasteiger partial charge is 0.463 e. The maximum atomic E-state index is 12.9. The molecule has 0 saturated heterocycles. The predicted molar refractivity (Wildman–Crippen MR) is 390 cm³/mol. The molecule has 95 heavy (non-hydrogen) atoms. The van der Waals surface area contributed by atoms with Crippen molar-refractivity contribution >= 4 is 33.6 Å². The SMILES string of the molecule is CC/C=C\C/C=C\C/C=C\C/C=C\C/C=C\CCCCCCCCCCCC(=O)OCC(O)COP(=O)(O)OCC(O)COP(=O)(O)OCC(COC(=O)CCCCC/C=C\C/C=C\C/C=C\C/C=C\C/C=C\CC)OC(=O)CCCCCCCCCCCCCCCCC. The molecule has 0 rings (SSSR count). The van der Waals surface area contributed by atoms with Gasteiger partial charge in [0.1, 0.15) is 25.4 Å². The lowest BCUT2D eigenvalue weighted by Crippen LogP contribution is -2.30. The Morgan fingerprint density at radius 1 is 0.305 bits per heavy atom. The molecular weight excluding hydrogens is 1240 g/mol. The van der Waals surface area contributed by atoms with E-state index < -0.39 is 91.5 Å². The summed E-state index contributed by atoms with van der Waals surface area (Å²) in [4.78, 5) is 58.5. The highest BCUT2D eigenvalue weighted by Gasteiger charge is 2.29. The summed E-state index contributed by atoms with van der Waals surface area (Å²) in [5, 5.41) is 20.6. The Morgan fingerprint density at radius 2 is 0.558 bits per heavy atom. The summed E-state index contributed by atoms with van der Waals surface area (Å²) in [6, 6.07) is 0. The van der Waals surface area contributed by atoms with Crippen molar-refractivity contribution < 1.29 is 75.8 Å². The third-order valence-electron chi connectivity index (χ3n) is 15.2. The van der Waals surface area contributed by atoms with Crippen LogP contribution in [0.2, 0.25) is 0 Å². The number of carbonyl (C=O) groups excluding carboxylic acids is 3. The Kier molecular flexibility index (Phi) is 66.9. The summed E-state index contributed by atoms with van der Waals surface area (Å²) in [6.07, 6.45) is 81.0. The number of hydrogen-bond acceptors (Lipinski definition) is 14. The van der Waals surface area contributed by atoms with Gasteiger partial charge in [0.2, 0.25) is 0 Å². The van der Waals surface area contributed by atoms with Crippen LogP contribution in [0.3, 0.4) is 0 Å². The number of phosphoric ester groups is 2. The fourth-order valence-corrected chi connectivity index (χ4v) is 11.2. The van der Waals surface area contributed by atoms with Gasteiger partial charge in [-0.2, -0.15) is 0 Å². The molecule has 4 N–H and O–H groups in total. The van der Waals surface area contributed by atoms with E-state index in [2.05, 4.69) is 142 Å². The van der Waals surface area contributed by atoms with E-state index in [1.54, 1.807) is 0 Å². The second kappa shape index (κ2) is 69.8. The fraction of sp³-hybridized carbons (Fsp3) is 0.701. The molecule has 0 aliphatic heterocycles. The molecule has 0 aliphatic rings. The second-order valence-corrected chi connectivity index (χ2v) is 27.2. The van der Waals surface area contributed by atoms with Crippen molar-refractivity contribution in [3.05, 3.63) is 122 Å². The zero-order valence-corrected chi connectivity index (χ0v) is 61.1. The van der Waals surface area contributed by atoms with Gasteiger partial charge in [-0.3, -0.25) is 32.5 Å². The molecule has 0 radical (unpaired) electrons. The van der Waals surface area contributed by atoms with Gasteiger partial charge in [0.05, 0.1) is 26.4 Å². The second-order valence-electron chi connectivity index (χ2n) is 24.3. The zero-order chi connectivity index (χ0) is 69.5. The minimum absolute atomic E-state index is 0.0982. The van der Waals surface area contributed by atoms with Crippen LogP contribution in [0.25, 0.3) is 0 Å². The summed E-state index contributed by atoms with van der Waals surface area (Å²) in [6.45, 7) is 2.42. The first-order valence-electron chi connectivity index (χ1n) is 36.8. The minimum atomic E-state index is -4.93. The number of ether oxygens (including phenoxy) is 3. The van der Waals surface area contributed by atoms with E-state index >= 15 is 0 Å². The number of phosphoric acid groups is 2. The van der Waals surface area contributed by atoms with E-state index in [-0.39, 0.29) is 19.3 Å². The van der Waals surface area contributed by atoms with Gasteiger partial charge in [-0.05, 0) is 109 Å². The van der Waals surface area contributed by atoms with Gasteiger partial charge in [0, 0.05) is 19.3 Å². The first-order chi connectivity index (χ1) is 46.2. The van der Waals surface area contributed by atoms with Crippen molar-refractivity contribution in [1.29, 1.82) is 0 Å². The van der Waals surface area contributed by atoms with Crippen LogP contribution in [-0.4, -0.2) is 95.9 Å². The number of aliphatic hydroxyl groups excluding tert-OH is 2. The third-order valence-corrected chi connectivity index (χ3v) is 17.1. The Labute approximate surface area is 576 Å². The number of rotatable bonds is 69. The van der Waals surface area contributed by atoms with Crippen molar-refractivity contribution in [2.45, 2.75) is 309 Å². The largest absolute Gasteiger partial charge is 0.472 e. The van der Waals surface area contributed by atoms with Crippen LogP contribution >= 0.6 is 15.6 Å². The monoisotopic (exact) mass is 1370 g/mol. The molecule has 0 fully saturated rings. The van der Waals surface area contributed by atoms with E-state index in [9.17, 15) is 43.5 Å². The van der Waals surface area contributed by atoms with Crippen molar-refractivity contribution in [2.75, 3.05) is 39.6 Å². The molecule has 0 saturated carbocycles. The number of aliphatic hydroxyl groups is 2. The van der Waals surface area contributed by atoms with Gasteiger partial charge >= 0.3 is 33.6 Å². The topological polar surface area (TPSA) is 231 Å². The van der Waals surface area contributed by atoms with Crippen molar-refractivity contribution in [3.63, 3.8) is 0 Å². The molecule has 546 valence electrons. The zero-order valence-electron chi connectivity index (χ0n) is 59.3. The summed E-state index contributed by atoms with van der Waals surface area (Å²) in [5.74, 6) is -1.61. The average molecular weight is 1380 g/mol. The van der Waals surface area contributed by atoms with Gasteiger partial charge in [-0.25, -0.2) is 9.13 Å². The maximum Gasteiger partial charge on any atom is 0.472 e. The van der Waals surface area contributed by atoms with Gasteiger partial charge in [-0.1, -0.05) is 284 Å². The molecule has 0 heterocycles. The number of carbonyl (C=O) groups is 3. The Hall–Kier alpha value is -4.05. The number of esters is 3. The van der Waals surface area contributed by atoms with E-state index in [0.717, 1.165) is 141 Å². The molecule has 0 aromatic carbocycles. The van der Waals surface area contributed by atoms with Gasteiger partial charge < -0.3 is 34.2 Å². The Balaban J connectivity index is 4.62. The highest BCUT2D eigenvalue weighted by molar-refractivity contribution is 7.47. The van der Waals surface area contributed by atoms with Crippen LogP contribution in [0.15, 0.2) is 122 Å². The van der Waals surface area contributed by atoms with Crippen LogP contribution in [0.1, 0.15) is 290 Å². The Bertz CT molecular complexity index is 2210. The quantitative estimate of drug-likeness (QED) is 0.0146. The highest BCUT2D eigenvalue weighted by Crippen LogP contribution is 2.45. The molecule has 0 aromatic rings. The lowest BCUT2D eigenvalue weighted by atomic mass is 10.0. The fourth-order valence-electron chi connectivity index (χ4n) is 9.62. The predicted octanol–water partition coefficient (Wildman–Crippen LogP) is 21.0. The standard InChI is InChI=1S/C77H132O16P2/c1-4-7-10-13-16-19-22-25-28-30-32-33-34-35-36-37-39-41-43-45-48-51-54-57-60-63-75(80)87-66-72(78)67-89-94(83,84)90-68-73(79)69-91-95(85,86)92-71-74(93-77(82)65-62-59-56-53-50-47-42-27-24-21-18-15-12-9-6-3)70-88-76(81)64-61-58-55-52-49-46-44-40-38-31-29-26-23-20-17-14-11-8-5-2/h7-8,10-11,16-17,19-20,25-26,28-29,32-33,35-36,38,40,46,49,72-74,78-79H,4-6,9,12-15,18,21-24,27,30-31,34,37,39,41-45,47-48,50-71H2,1-3H3,(H,83,84)(H,85,86)/b10-7-,11-8-,19-16-,20-17-,28-25-,29-26-,33-32-,36-35-,40-38-,49-46-. The molecule has 0 bridgehead atoms. The van der Waals surface area contributed by atoms with E-state index in [1.165, 1.54) is 89.9 Å². The third kappa shape index (κ3) is 71.1. The molecular formula is C77H132O16P2. The molecule has 18 heteroatoms. The van der Waals surface area contributed by atoms with Crippen LogP contribution in [0.5, 0.6) is 0 Å². The molecule has 0 aromatic heterocycles. The van der Waals surface area contributed by atoms with Crippen molar-refractivity contribution in [1.82, 2.24) is 0 Å². The summed E-state index contributed by atoms with van der Waals surface area (Å²) in [5.41, 5.74) is 0. The first-order valence-corrected chi connectivity index (χ1v) is 39.8. The van der Waals surface area contributed by atoms with Crippen molar-refractivity contribution in [3.8, 4) is 0 Å². The first kappa shape index (κ1) is 91.0. The number of hydrogen-bond donors (Lipinski definition) is 4. The summed E-state index contributed by atoms with van der Waals surface area (Å²) in [7, 11) is -9.79. The maximum absolute atomic E-state index is 12.9. The van der Waals surface area contributed by atoms with Gasteiger partial charge in [0.25, 0.3) is 0 Å². The number of allylic oxidation sites excluding steroid dienone is 20. The van der Waals surface area contributed by atoms with Gasteiger partial charge in [-0.15, -0.1) is 0 Å². The van der Waals surface area contributed by atoms with E-state index in [1.807, 2.05) is 0 Å². The molecule has 0 spiro atoms. The normalized spacial score (nSPS) is 14.8. The Morgan fingerprint density at radius 3 is 0.895 bits per heavy atom. The lowest BCUT2D eigenvalue weighted by Gasteiger charge is -2.21. The van der Waals surface area contributed by atoms with Crippen LogP contribution < -0.4 is 0 Å². The molecule has 0 amide bonds. The van der Waals surface area contributed by atoms with E-state index in [0.29, 0.717) is 19.3 Å². The van der Waals surface area contributed by atoms with Crippen LogP contribution in [-0.2, 0) is 55.8 Å². The van der Waals surface area contributed by atoms with Crippen LogP contribution in [0.4, 0.5) is 0 Å². The summed E-state index contributed by atoms with van der Waals surface area (Å²) >= 11 is 0. The lowest BCUT2D eigenvalue weighted by molar-refractivity contribution is -0.161. The van der Waals surface area contributed by atoms with E-state index in [4.69, 9.17) is 32.3 Å². The molecule has 5 unspecified atom stereocenters. The highest BCUT2D eigenvalue weighted by atomic mass is 31.2. The summed E-state index contributed by atoms with van der Waals surface area (Å²) < 4.78 is 61.0. The minimum Gasteiger partial charge on any atom is -0.463 e.